The average molecular weight is 412 g/mol. The molecule has 2 aromatic rings. The van der Waals surface area contributed by atoms with Gasteiger partial charge >= 0.3 is 6.03 Å². The summed E-state index contributed by atoms with van der Waals surface area (Å²) in [6, 6.07) is 13.6. The molecule has 3 amide bonds. The van der Waals surface area contributed by atoms with E-state index >= 15 is 0 Å². The van der Waals surface area contributed by atoms with Crippen molar-refractivity contribution in [3.63, 3.8) is 0 Å². The fraction of sp³-hybridized carbons (Fsp3) is 0.417. The zero-order valence-corrected chi connectivity index (χ0v) is 17.8. The van der Waals surface area contributed by atoms with E-state index in [-0.39, 0.29) is 35.8 Å². The van der Waals surface area contributed by atoms with Crippen LogP contribution < -0.4 is 10.6 Å². The number of carbonyl (C=O) groups excluding carboxylic acids is 2. The largest absolute Gasteiger partial charge is 0.346 e. The zero-order chi connectivity index (χ0) is 21.7. The first-order chi connectivity index (χ1) is 14.3. The summed E-state index contributed by atoms with van der Waals surface area (Å²) in [6.07, 6.45) is 1.93. The number of nitrogens with one attached hydrogen (secondary N) is 2. The van der Waals surface area contributed by atoms with E-state index in [0.717, 1.165) is 30.5 Å². The van der Waals surface area contributed by atoms with Crippen molar-refractivity contribution in [1.82, 2.24) is 15.5 Å². The summed E-state index contributed by atoms with van der Waals surface area (Å²) in [5.74, 6) is -0.258. The molecule has 0 radical (unpaired) electrons. The van der Waals surface area contributed by atoms with E-state index in [2.05, 4.69) is 10.6 Å². The van der Waals surface area contributed by atoms with E-state index in [0.29, 0.717) is 12.1 Å². The van der Waals surface area contributed by atoms with Crippen LogP contribution in [0.5, 0.6) is 0 Å². The minimum absolute atomic E-state index is 0.0308. The predicted octanol–water partition coefficient (Wildman–Crippen LogP) is 4.61. The molecule has 1 aliphatic heterocycles. The first-order valence-corrected chi connectivity index (χ1v) is 10.5. The number of carbonyl (C=O) groups is 2. The standard InChI is InChI=1S/C24H30FN3O2/c1-16(2)26-24(30)28-13-5-8-21(15-28)19-6-4-7-20(14-19)23(29)27-17(3)18-9-11-22(25)12-10-18/h4,6-7,9-12,14,16-17,21H,5,8,13,15H2,1-3H3,(H,26,30)(H,27,29)/t17-,21+/m1/s1. The number of amides is 3. The number of hydrogen-bond donors (Lipinski definition) is 2. The van der Waals surface area contributed by atoms with E-state index in [9.17, 15) is 14.0 Å². The molecule has 1 saturated heterocycles. The zero-order valence-electron chi connectivity index (χ0n) is 17.8. The summed E-state index contributed by atoms with van der Waals surface area (Å²) in [6.45, 7) is 7.18. The Labute approximate surface area is 177 Å². The molecule has 1 fully saturated rings. The fourth-order valence-electron chi connectivity index (χ4n) is 3.82. The van der Waals surface area contributed by atoms with Crippen molar-refractivity contribution < 1.29 is 14.0 Å². The fourth-order valence-corrected chi connectivity index (χ4v) is 3.82. The van der Waals surface area contributed by atoms with Gasteiger partial charge in [-0.15, -0.1) is 0 Å². The Kier molecular flexibility index (Phi) is 7.08. The summed E-state index contributed by atoms with van der Waals surface area (Å²) >= 11 is 0. The van der Waals surface area contributed by atoms with Gasteiger partial charge in [0.2, 0.25) is 0 Å². The van der Waals surface area contributed by atoms with Crippen LogP contribution in [0.15, 0.2) is 48.5 Å². The third kappa shape index (κ3) is 5.59. The van der Waals surface area contributed by atoms with Crippen molar-refractivity contribution in [2.45, 2.75) is 51.6 Å². The Morgan fingerprint density at radius 1 is 1.07 bits per heavy atom. The van der Waals surface area contributed by atoms with Gasteiger partial charge in [-0.3, -0.25) is 4.79 Å². The maximum absolute atomic E-state index is 13.1. The van der Waals surface area contributed by atoms with Crippen LogP contribution in [0.1, 0.15) is 67.1 Å². The summed E-state index contributed by atoms with van der Waals surface area (Å²) in [4.78, 5) is 27.0. The SMILES string of the molecule is CC(C)NC(=O)N1CCC[C@H](c2cccc(C(=O)N[C@H](C)c3ccc(F)cc3)c2)C1. The Morgan fingerprint density at radius 3 is 2.50 bits per heavy atom. The van der Waals surface area contributed by atoms with Gasteiger partial charge in [0.25, 0.3) is 5.91 Å². The highest BCUT2D eigenvalue weighted by Gasteiger charge is 2.25. The van der Waals surface area contributed by atoms with Crippen LogP contribution in [-0.4, -0.2) is 36.0 Å². The number of piperidine rings is 1. The molecule has 2 N–H and O–H groups in total. The summed E-state index contributed by atoms with van der Waals surface area (Å²) in [5.41, 5.74) is 2.50. The monoisotopic (exact) mass is 411 g/mol. The first-order valence-electron chi connectivity index (χ1n) is 10.5. The quantitative estimate of drug-likeness (QED) is 0.755. The third-order valence-electron chi connectivity index (χ3n) is 5.46. The number of likely N-dealkylation sites (tertiary alicyclic amines) is 1. The summed E-state index contributed by atoms with van der Waals surface area (Å²) in [7, 11) is 0. The molecule has 0 saturated carbocycles. The third-order valence-corrected chi connectivity index (χ3v) is 5.46. The lowest BCUT2D eigenvalue weighted by Gasteiger charge is -2.33. The van der Waals surface area contributed by atoms with E-state index in [4.69, 9.17) is 0 Å². The number of benzene rings is 2. The molecule has 2 atom stereocenters. The highest BCUT2D eigenvalue weighted by atomic mass is 19.1. The second-order valence-electron chi connectivity index (χ2n) is 8.26. The van der Waals surface area contributed by atoms with E-state index in [1.54, 1.807) is 18.2 Å². The van der Waals surface area contributed by atoms with E-state index in [1.807, 2.05) is 43.9 Å². The molecule has 30 heavy (non-hydrogen) atoms. The second-order valence-corrected chi connectivity index (χ2v) is 8.26. The Balaban J connectivity index is 1.67. The van der Waals surface area contributed by atoms with Gasteiger partial charge in [0.05, 0.1) is 6.04 Å². The van der Waals surface area contributed by atoms with Crippen LogP contribution in [0.2, 0.25) is 0 Å². The van der Waals surface area contributed by atoms with Crippen molar-refractivity contribution in [2.75, 3.05) is 13.1 Å². The van der Waals surface area contributed by atoms with Crippen LogP contribution in [0.4, 0.5) is 9.18 Å². The van der Waals surface area contributed by atoms with E-state index in [1.165, 1.54) is 12.1 Å². The minimum atomic E-state index is -0.298. The van der Waals surface area contributed by atoms with Gasteiger partial charge in [0, 0.05) is 30.6 Å². The highest BCUT2D eigenvalue weighted by Crippen LogP contribution is 2.28. The molecule has 0 bridgehead atoms. The minimum Gasteiger partial charge on any atom is -0.346 e. The smallest absolute Gasteiger partial charge is 0.317 e. The van der Waals surface area contributed by atoms with Gasteiger partial charge in [-0.25, -0.2) is 9.18 Å². The van der Waals surface area contributed by atoms with Gasteiger partial charge in [0.1, 0.15) is 5.82 Å². The Bertz CT molecular complexity index is 882. The molecule has 6 heteroatoms. The second kappa shape index (κ2) is 9.74. The molecule has 0 aromatic heterocycles. The average Bonchev–Trinajstić information content (AvgIpc) is 2.74. The molecule has 0 spiro atoms. The summed E-state index contributed by atoms with van der Waals surface area (Å²) in [5, 5.41) is 5.93. The lowest BCUT2D eigenvalue weighted by Crippen LogP contribution is -2.47. The van der Waals surface area contributed by atoms with Crippen LogP contribution in [0, 0.1) is 5.82 Å². The molecule has 5 nitrogen and oxygen atoms in total. The van der Waals surface area contributed by atoms with Crippen molar-refractivity contribution in [1.29, 1.82) is 0 Å². The number of nitrogens with zero attached hydrogens (tertiary/aromatic N) is 1. The highest BCUT2D eigenvalue weighted by molar-refractivity contribution is 5.94. The van der Waals surface area contributed by atoms with Crippen LogP contribution in [-0.2, 0) is 0 Å². The molecule has 160 valence electrons. The maximum Gasteiger partial charge on any atom is 0.317 e. The number of hydrogen-bond acceptors (Lipinski definition) is 2. The van der Waals surface area contributed by atoms with Crippen LogP contribution >= 0.6 is 0 Å². The molecule has 0 unspecified atom stereocenters. The number of rotatable bonds is 5. The topological polar surface area (TPSA) is 61.4 Å². The van der Waals surface area contributed by atoms with Gasteiger partial charge in [-0.05, 0) is 69.0 Å². The predicted molar refractivity (Wildman–Crippen MR) is 116 cm³/mol. The molecule has 2 aromatic carbocycles. The Morgan fingerprint density at radius 2 is 1.80 bits per heavy atom. The molecule has 1 heterocycles. The normalized spacial score (nSPS) is 17.5. The molecule has 3 rings (SSSR count). The van der Waals surface area contributed by atoms with Gasteiger partial charge in [-0.2, -0.15) is 0 Å². The lowest BCUT2D eigenvalue weighted by molar-refractivity contribution is 0.0939. The van der Waals surface area contributed by atoms with Crippen molar-refractivity contribution in [3.8, 4) is 0 Å². The number of urea groups is 1. The first kappa shape index (κ1) is 21.8. The molecule has 0 aliphatic carbocycles. The van der Waals surface area contributed by atoms with Crippen LogP contribution in [0.3, 0.4) is 0 Å². The maximum atomic E-state index is 13.1. The Hall–Kier alpha value is -2.89. The van der Waals surface area contributed by atoms with Gasteiger partial charge in [-0.1, -0.05) is 24.3 Å². The van der Waals surface area contributed by atoms with Gasteiger partial charge < -0.3 is 15.5 Å². The lowest BCUT2D eigenvalue weighted by atomic mass is 9.89. The van der Waals surface area contributed by atoms with Crippen molar-refractivity contribution in [2.24, 2.45) is 0 Å². The number of halogens is 1. The molecular weight excluding hydrogens is 381 g/mol. The van der Waals surface area contributed by atoms with Crippen molar-refractivity contribution in [3.05, 3.63) is 71.0 Å². The van der Waals surface area contributed by atoms with Gasteiger partial charge in [0.15, 0.2) is 0 Å². The molecular formula is C24H30FN3O2. The van der Waals surface area contributed by atoms with E-state index < -0.39 is 0 Å². The molecule has 1 aliphatic rings. The van der Waals surface area contributed by atoms with Crippen molar-refractivity contribution >= 4 is 11.9 Å². The van der Waals surface area contributed by atoms with Crippen LogP contribution in [0.25, 0.3) is 0 Å². The summed E-state index contributed by atoms with van der Waals surface area (Å²) < 4.78 is 13.1.